The van der Waals surface area contributed by atoms with E-state index >= 15 is 0 Å². The van der Waals surface area contributed by atoms with E-state index in [2.05, 4.69) is 15.6 Å². The lowest BCUT2D eigenvalue weighted by molar-refractivity contribution is 0.0958. The first-order chi connectivity index (χ1) is 9.72. The van der Waals surface area contributed by atoms with Crippen LogP contribution in [0.2, 0.25) is 0 Å². The number of hydrogen-bond acceptors (Lipinski definition) is 4. The summed E-state index contributed by atoms with van der Waals surface area (Å²) < 4.78 is 5.75. The number of nitrogens with zero attached hydrogens (tertiary/aromatic N) is 1. The molecule has 104 valence electrons. The zero-order valence-electron chi connectivity index (χ0n) is 11.5. The molecule has 5 heteroatoms. The Morgan fingerprint density at radius 3 is 2.75 bits per heavy atom. The third-order valence-corrected chi connectivity index (χ3v) is 2.71. The molecule has 20 heavy (non-hydrogen) atoms. The molecular weight excluding hydrogens is 254 g/mol. The van der Waals surface area contributed by atoms with Crippen molar-refractivity contribution in [1.82, 2.24) is 15.6 Å². The normalized spacial score (nSPS) is 10.1. The number of rotatable bonds is 5. The second-order valence-corrected chi connectivity index (χ2v) is 4.24. The van der Waals surface area contributed by atoms with Crippen LogP contribution in [0.5, 0.6) is 11.5 Å². The zero-order chi connectivity index (χ0) is 14.4. The minimum absolute atomic E-state index is 0.237. The standard InChI is InChI=1S/C15H17N3O2/c1-16-10-11-4-3-5-12(8-11)20-13-6-7-18-14(9-13)15(19)17-2/h3-9,16H,10H2,1-2H3,(H,17,19). The van der Waals surface area contributed by atoms with Gasteiger partial charge >= 0.3 is 0 Å². The Morgan fingerprint density at radius 1 is 1.20 bits per heavy atom. The highest BCUT2D eigenvalue weighted by Crippen LogP contribution is 2.22. The van der Waals surface area contributed by atoms with Gasteiger partial charge in [-0.3, -0.25) is 9.78 Å². The molecule has 0 radical (unpaired) electrons. The number of nitrogens with one attached hydrogen (secondary N) is 2. The maximum absolute atomic E-state index is 11.5. The molecule has 1 aromatic heterocycles. The van der Waals surface area contributed by atoms with Crippen molar-refractivity contribution in [3.05, 3.63) is 53.9 Å². The Hall–Kier alpha value is -2.40. The van der Waals surface area contributed by atoms with Gasteiger partial charge in [0.15, 0.2) is 0 Å². The summed E-state index contributed by atoms with van der Waals surface area (Å²) in [6.07, 6.45) is 1.55. The van der Waals surface area contributed by atoms with Gasteiger partial charge in [0, 0.05) is 25.9 Å². The second-order valence-electron chi connectivity index (χ2n) is 4.24. The fourth-order valence-electron chi connectivity index (χ4n) is 1.79. The molecule has 0 aliphatic heterocycles. The van der Waals surface area contributed by atoms with Crippen molar-refractivity contribution in [3.63, 3.8) is 0 Å². The Morgan fingerprint density at radius 2 is 2.00 bits per heavy atom. The lowest BCUT2D eigenvalue weighted by atomic mass is 10.2. The molecule has 0 unspecified atom stereocenters. The molecule has 0 atom stereocenters. The number of aromatic nitrogens is 1. The molecule has 0 fully saturated rings. The molecule has 0 aliphatic carbocycles. The maximum atomic E-state index is 11.5. The summed E-state index contributed by atoms with van der Waals surface area (Å²) in [4.78, 5) is 15.5. The van der Waals surface area contributed by atoms with Crippen LogP contribution in [-0.2, 0) is 6.54 Å². The monoisotopic (exact) mass is 271 g/mol. The molecule has 0 bridgehead atoms. The van der Waals surface area contributed by atoms with Crippen molar-refractivity contribution in [2.45, 2.75) is 6.54 Å². The van der Waals surface area contributed by atoms with Crippen LogP contribution in [0, 0.1) is 0 Å². The van der Waals surface area contributed by atoms with E-state index in [-0.39, 0.29) is 5.91 Å². The molecule has 0 saturated heterocycles. The van der Waals surface area contributed by atoms with Gasteiger partial charge in [0.1, 0.15) is 17.2 Å². The van der Waals surface area contributed by atoms with Crippen molar-refractivity contribution < 1.29 is 9.53 Å². The molecule has 5 nitrogen and oxygen atoms in total. The summed E-state index contributed by atoms with van der Waals surface area (Å²) in [5, 5.41) is 5.62. The van der Waals surface area contributed by atoms with Crippen molar-refractivity contribution in [3.8, 4) is 11.5 Å². The van der Waals surface area contributed by atoms with Crippen molar-refractivity contribution >= 4 is 5.91 Å². The molecule has 0 saturated carbocycles. The van der Waals surface area contributed by atoms with Crippen LogP contribution >= 0.6 is 0 Å². The number of amides is 1. The molecule has 2 rings (SSSR count). The molecular formula is C15H17N3O2. The van der Waals surface area contributed by atoms with Gasteiger partial charge in [-0.05, 0) is 30.8 Å². The highest BCUT2D eigenvalue weighted by Gasteiger charge is 2.06. The first-order valence-corrected chi connectivity index (χ1v) is 6.32. The lowest BCUT2D eigenvalue weighted by Gasteiger charge is -2.08. The molecule has 0 aliphatic rings. The summed E-state index contributed by atoms with van der Waals surface area (Å²) in [6.45, 7) is 0.775. The number of ether oxygens (including phenoxy) is 1. The fraction of sp³-hybridized carbons (Fsp3) is 0.200. The van der Waals surface area contributed by atoms with Crippen LogP contribution in [0.25, 0.3) is 0 Å². The van der Waals surface area contributed by atoms with Gasteiger partial charge in [0.2, 0.25) is 0 Å². The Labute approximate surface area is 118 Å². The van der Waals surface area contributed by atoms with E-state index in [4.69, 9.17) is 4.74 Å². The quantitative estimate of drug-likeness (QED) is 0.872. The minimum atomic E-state index is -0.237. The fourth-order valence-corrected chi connectivity index (χ4v) is 1.79. The van der Waals surface area contributed by atoms with E-state index in [1.54, 1.807) is 25.4 Å². The van der Waals surface area contributed by atoms with E-state index in [0.29, 0.717) is 11.4 Å². The smallest absolute Gasteiger partial charge is 0.269 e. The van der Waals surface area contributed by atoms with Gasteiger partial charge in [-0.2, -0.15) is 0 Å². The van der Waals surface area contributed by atoms with Crippen LogP contribution < -0.4 is 15.4 Å². The SMILES string of the molecule is CNCc1cccc(Oc2ccnc(C(=O)NC)c2)c1. The van der Waals surface area contributed by atoms with E-state index in [1.165, 1.54) is 0 Å². The van der Waals surface area contributed by atoms with Crippen molar-refractivity contribution in [1.29, 1.82) is 0 Å². The highest BCUT2D eigenvalue weighted by atomic mass is 16.5. The number of hydrogen-bond donors (Lipinski definition) is 2. The Kier molecular flexibility index (Phi) is 4.68. The second kappa shape index (κ2) is 6.68. The first kappa shape index (κ1) is 14.0. The Bertz CT molecular complexity index is 599. The number of benzene rings is 1. The largest absolute Gasteiger partial charge is 0.457 e. The van der Waals surface area contributed by atoms with Crippen LogP contribution in [0.15, 0.2) is 42.6 Å². The summed E-state index contributed by atoms with van der Waals surface area (Å²) in [5.74, 6) is 1.08. The number of pyridine rings is 1. The number of carbonyl (C=O) groups is 1. The van der Waals surface area contributed by atoms with E-state index in [9.17, 15) is 4.79 Å². The zero-order valence-corrected chi connectivity index (χ0v) is 11.5. The van der Waals surface area contributed by atoms with Gasteiger partial charge in [-0.25, -0.2) is 0 Å². The van der Waals surface area contributed by atoms with Gasteiger partial charge in [-0.15, -0.1) is 0 Å². The van der Waals surface area contributed by atoms with Gasteiger partial charge in [0.25, 0.3) is 5.91 Å². The first-order valence-electron chi connectivity index (χ1n) is 6.32. The average Bonchev–Trinajstić information content (AvgIpc) is 2.47. The molecule has 1 heterocycles. The average molecular weight is 271 g/mol. The predicted octanol–water partition coefficient (Wildman–Crippen LogP) is 1.95. The number of carbonyl (C=O) groups excluding carboxylic acids is 1. The predicted molar refractivity (Wildman–Crippen MR) is 76.9 cm³/mol. The van der Waals surface area contributed by atoms with Crippen LogP contribution in [0.3, 0.4) is 0 Å². The molecule has 1 aromatic carbocycles. The minimum Gasteiger partial charge on any atom is -0.457 e. The Balaban J connectivity index is 2.17. The van der Waals surface area contributed by atoms with E-state index in [1.807, 2.05) is 31.3 Å². The van der Waals surface area contributed by atoms with E-state index < -0.39 is 0 Å². The molecule has 2 aromatic rings. The molecule has 0 spiro atoms. The van der Waals surface area contributed by atoms with E-state index in [0.717, 1.165) is 17.9 Å². The van der Waals surface area contributed by atoms with Crippen LogP contribution in [0.1, 0.15) is 16.1 Å². The summed E-state index contributed by atoms with van der Waals surface area (Å²) in [5.41, 5.74) is 1.46. The third-order valence-electron chi connectivity index (χ3n) is 2.71. The topological polar surface area (TPSA) is 63.2 Å². The van der Waals surface area contributed by atoms with Crippen molar-refractivity contribution in [2.75, 3.05) is 14.1 Å². The maximum Gasteiger partial charge on any atom is 0.269 e. The summed E-state index contributed by atoms with van der Waals surface area (Å²) >= 11 is 0. The summed E-state index contributed by atoms with van der Waals surface area (Å²) in [7, 11) is 3.46. The van der Waals surface area contributed by atoms with Gasteiger partial charge in [-0.1, -0.05) is 12.1 Å². The molecule has 2 N–H and O–H groups in total. The lowest BCUT2D eigenvalue weighted by Crippen LogP contribution is -2.18. The molecule has 1 amide bonds. The van der Waals surface area contributed by atoms with Crippen LogP contribution in [-0.4, -0.2) is 25.0 Å². The third kappa shape index (κ3) is 3.55. The highest BCUT2D eigenvalue weighted by molar-refractivity contribution is 5.92. The van der Waals surface area contributed by atoms with Crippen LogP contribution in [0.4, 0.5) is 0 Å². The van der Waals surface area contributed by atoms with Gasteiger partial charge in [0.05, 0.1) is 0 Å². The van der Waals surface area contributed by atoms with Crippen molar-refractivity contribution in [2.24, 2.45) is 0 Å². The summed E-state index contributed by atoms with van der Waals surface area (Å²) in [6, 6.07) is 11.1. The van der Waals surface area contributed by atoms with Gasteiger partial charge < -0.3 is 15.4 Å².